The van der Waals surface area contributed by atoms with Crippen molar-refractivity contribution in [2.24, 2.45) is 11.3 Å². The maximum atomic E-state index is 13.3. The standard InChI is InChI=1S/C16H19FO4/c1-21-15(20)16(14(18)19,12-6-2-3-7-12)10-11-5-4-8-13(17)9-11/h4-5,8-9,12H,2-3,6-7,10H2,1H3,(H,18,19). The molecule has 1 aliphatic rings. The van der Waals surface area contributed by atoms with Crippen molar-refractivity contribution >= 4 is 11.9 Å². The molecule has 0 saturated heterocycles. The lowest BCUT2D eigenvalue weighted by Crippen LogP contribution is -2.47. The van der Waals surface area contributed by atoms with E-state index in [0.717, 1.165) is 12.8 Å². The molecule has 1 unspecified atom stereocenters. The molecule has 0 heterocycles. The van der Waals surface area contributed by atoms with E-state index in [4.69, 9.17) is 4.74 Å². The quantitative estimate of drug-likeness (QED) is 0.670. The lowest BCUT2D eigenvalue weighted by atomic mass is 9.70. The van der Waals surface area contributed by atoms with Crippen LogP contribution in [0.1, 0.15) is 31.2 Å². The largest absolute Gasteiger partial charge is 0.480 e. The number of rotatable bonds is 5. The number of carbonyl (C=O) groups is 2. The summed E-state index contributed by atoms with van der Waals surface area (Å²) in [5.74, 6) is -2.65. The fourth-order valence-electron chi connectivity index (χ4n) is 3.29. The molecule has 2 rings (SSSR count). The number of ether oxygens (including phenoxy) is 1. The summed E-state index contributed by atoms with van der Waals surface area (Å²) in [5.41, 5.74) is -1.13. The van der Waals surface area contributed by atoms with Crippen LogP contribution < -0.4 is 0 Å². The van der Waals surface area contributed by atoms with Crippen LogP contribution in [0.3, 0.4) is 0 Å². The summed E-state index contributed by atoms with van der Waals surface area (Å²) in [6.45, 7) is 0. The van der Waals surface area contributed by atoms with Gasteiger partial charge in [-0.1, -0.05) is 25.0 Å². The van der Waals surface area contributed by atoms with E-state index in [-0.39, 0.29) is 12.3 Å². The van der Waals surface area contributed by atoms with Crippen LogP contribution in [-0.4, -0.2) is 24.2 Å². The molecule has 0 aliphatic heterocycles. The van der Waals surface area contributed by atoms with Crippen LogP contribution >= 0.6 is 0 Å². The maximum Gasteiger partial charge on any atom is 0.323 e. The number of halogens is 1. The van der Waals surface area contributed by atoms with Crippen LogP contribution in [0.15, 0.2) is 24.3 Å². The third-order valence-corrected chi connectivity index (χ3v) is 4.36. The highest BCUT2D eigenvalue weighted by atomic mass is 19.1. The topological polar surface area (TPSA) is 63.6 Å². The van der Waals surface area contributed by atoms with E-state index in [9.17, 15) is 19.1 Å². The molecular formula is C16H19FO4. The zero-order valence-electron chi connectivity index (χ0n) is 12.0. The second kappa shape index (κ2) is 6.24. The summed E-state index contributed by atoms with van der Waals surface area (Å²) >= 11 is 0. The summed E-state index contributed by atoms with van der Waals surface area (Å²) < 4.78 is 18.1. The van der Waals surface area contributed by atoms with Gasteiger partial charge in [0.25, 0.3) is 0 Å². The normalized spacial score (nSPS) is 18.2. The van der Waals surface area contributed by atoms with Crippen molar-refractivity contribution in [2.45, 2.75) is 32.1 Å². The number of hydrogen-bond donors (Lipinski definition) is 1. The van der Waals surface area contributed by atoms with Crippen LogP contribution in [0.5, 0.6) is 0 Å². The van der Waals surface area contributed by atoms with Crippen LogP contribution in [0.2, 0.25) is 0 Å². The van der Waals surface area contributed by atoms with Gasteiger partial charge in [0.1, 0.15) is 5.82 Å². The molecule has 1 aliphatic carbocycles. The molecule has 0 aromatic heterocycles. The van der Waals surface area contributed by atoms with E-state index < -0.39 is 23.2 Å². The minimum absolute atomic E-state index is 0.0442. The van der Waals surface area contributed by atoms with Gasteiger partial charge < -0.3 is 9.84 Å². The first-order chi connectivity index (χ1) is 10.0. The second-order valence-electron chi connectivity index (χ2n) is 5.56. The SMILES string of the molecule is COC(=O)C(Cc1cccc(F)c1)(C(=O)O)C1CCCC1. The van der Waals surface area contributed by atoms with E-state index in [1.807, 2.05) is 0 Å². The summed E-state index contributed by atoms with van der Waals surface area (Å²) in [4.78, 5) is 24.2. The molecule has 0 amide bonds. The molecule has 4 nitrogen and oxygen atoms in total. The highest BCUT2D eigenvalue weighted by molar-refractivity contribution is 6.00. The molecule has 1 fully saturated rings. The van der Waals surface area contributed by atoms with Crippen molar-refractivity contribution in [1.82, 2.24) is 0 Å². The van der Waals surface area contributed by atoms with Gasteiger partial charge in [0.05, 0.1) is 7.11 Å². The fraction of sp³-hybridized carbons (Fsp3) is 0.500. The third-order valence-electron chi connectivity index (χ3n) is 4.36. The minimum atomic E-state index is -1.63. The predicted molar refractivity (Wildman–Crippen MR) is 74.1 cm³/mol. The first-order valence-corrected chi connectivity index (χ1v) is 7.07. The number of methoxy groups -OCH3 is 1. The average Bonchev–Trinajstić information content (AvgIpc) is 2.98. The Morgan fingerprint density at radius 2 is 2.05 bits per heavy atom. The molecule has 114 valence electrons. The molecule has 1 aromatic rings. The van der Waals surface area contributed by atoms with E-state index >= 15 is 0 Å². The zero-order valence-corrected chi connectivity index (χ0v) is 12.0. The Bertz CT molecular complexity index is 537. The number of esters is 1. The smallest absolute Gasteiger partial charge is 0.323 e. The van der Waals surface area contributed by atoms with Gasteiger partial charge in [-0.25, -0.2) is 4.39 Å². The van der Waals surface area contributed by atoms with Gasteiger partial charge in [0.2, 0.25) is 0 Å². The molecule has 1 N–H and O–H groups in total. The first kappa shape index (κ1) is 15.5. The molecule has 21 heavy (non-hydrogen) atoms. The number of aliphatic carboxylic acids is 1. The molecule has 0 radical (unpaired) electrons. The van der Waals surface area contributed by atoms with Crippen LogP contribution in [0, 0.1) is 17.2 Å². The highest BCUT2D eigenvalue weighted by Crippen LogP contribution is 2.43. The number of carbonyl (C=O) groups excluding carboxylic acids is 1. The maximum absolute atomic E-state index is 13.3. The molecule has 1 saturated carbocycles. The molecule has 0 bridgehead atoms. The van der Waals surface area contributed by atoms with Gasteiger partial charge in [-0.15, -0.1) is 0 Å². The van der Waals surface area contributed by atoms with Crippen LogP contribution in [0.4, 0.5) is 4.39 Å². The van der Waals surface area contributed by atoms with Crippen LogP contribution in [-0.2, 0) is 20.7 Å². The van der Waals surface area contributed by atoms with E-state index in [1.54, 1.807) is 6.07 Å². The Labute approximate surface area is 122 Å². The van der Waals surface area contributed by atoms with Crippen LogP contribution in [0.25, 0.3) is 0 Å². The number of carboxylic acid groups (broad SMARTS) is 1. The Kier molecular flexibility index (Phi) is 4.60. The lowest BCUT2D eigenvalue weighted by Gasteiger charge is -2.32. The van der Waals surface area contributed by atoms with Gasteiger partial charge in [0.15, 0.2) is 5.41 Å². The molecular weight excluding hydrogens is 275 g/mol. The predicted octanol–water partition coefficient (Wildman–Crippen LogP) is 2.80. The summed E-state index contributed by atoms with van der Waals surface area (Å²) in [7, 11) is 1.19. The molecule has 1 aromatic carbocycles. The van der Waals surface area contributed by atoms with Crippen molar-refractivity contribution in [3.05, 3.63) is 35.6 Å². The minimum Gasteiger partial charge on any atom is -0.480 e. The Morgan fingerprint density at radius 1 is 1.38 bits per heavy atom. The first-order valence-electron chi connectivity index (χ1n) is 7.07. The van der Waals surface area contributed by atoms with Crippen molar-refractivity contribution in [1.29, 1.82) is 0 Å². The fourth-order valence-corrected chi connectivity index (χ4v) is 3.29. The molecule has 0 spiro atoms. The van der Waals surface area contributed by atoms with E-state index in [2.05, 4.69) is 0 Å². The molecule has 5 heteroatoms. The Hall–Kier alpha value is -1.91. The molecule has 1 atom stereocenters. The number of carboxylic acids is 1. The van der Waals surface area contributed by atoms with E-state index in [0.29, 0.717) is 18.4 Å². The average molecular weight is 294 g/mol. The summed E-state index contributed by atoms with van der Waals surface area (Å²) in [6.07, 6.45) is 3.12. The van der Waals surface area contributed by atoms with Gasteiger partial charge >= 0.3 is 11.9 Å². The Morgan fingerprint density at radius 3 is 2.57 bits per heavy atom. The van der Waals surface area contributed by atoms with Crippen molar-refractivity contribution in [3.63, 3.8) is 0 Å². The second-order valence-corrected chi connectivity index (χ2v) is 5.56. The Balaban J connectivity index is 2.42. The van der Waals surface area contributed by atoms with Gasteiger partial charge in [-0.3, -0.25) is 9.59 Å². The van der Waals surface area contributed by atoms with Crippen molar-refractivity contribution < 1.29 is 23.8 Å². The highest BCUT2D eigenvalue weighted by Gasteiger charge is 2.54. The summed E-state index contributed by atoms with van der Waals surface area (Å²) in [5, 5.41) is 9.72. The summed E-state index contributed by atoms with van der Waals surface area (Å²) in [6, 6.07) is 5.72. The number of hydrogen-bond acceptors (Lipinski definition) is 3. The van der Waals surface area contributed by atoms with Gasteiger partial charge in [-0.2, -0.15) is 0 Å². The zero-order chi connectivity index (χ0) is 15.5. The van der Waals surface area contributed by atoms with E-state index in [1.165, 1.54) is 25.3 Å². The lowest BCUT2D eigenvalue weighted by molar-refractivity contribution is -0.171. The third kappa shape index (κ3) is 2.91. The van der Waals surface area contributed by atoms with Gasteiger partial charge in [-0.05, 0) is 42.9 Å². The van der Waals surface area contributed by atoms with Gasteiger partial charge in [0, 0.05) is 0 Å². The van der Waals surface area contributed by atoms with Crippen molar-refractivity contribution in [3.8, 4) is 0 Å². The van der Waals surface area contributed by atoms with Crippen molar-refractivity contribution in [2.75, 3.05) is 7.11 Å². The monoisotopic (exact) mass is 294 g/mol. The number of benzene rings is 1.